The van der Waals surface area contributed by atoms with Gasteiger partial charge in [-0.15, -0.1) is 24.0 Å². The van der Waals surface area contributed by atoms with Gasteiger partial charge in [0.1, 0.15) is 0 Å². The van der Waals surface area contributed by atoms with E-state index in [1.54, 1.807) is 11.4 Å². The van der Waals surface area contributed by atoms with E-state index in [1.807, 2.05) is 11.8 Å². The molecule has 0 aromatic heterocycles. The van der Waals surface area contributed by atoms with E-state index in [1.165, 1.54) is 32.1 Å². The van der Waals surface area contributed by atoms with Crippen LogP contribution in [-0.4, -0.2) is 68.7 Å². The Hall–Kier alpha value is 0.260. The number of nitrogens with one attached hydrogen (secondary N) is 2. The number of hydrogen-bond acceptors (Lipinski definition) is 4. The molecule has 0 amide bonds. The Morgan fingerprint density at radius 2 is 1.84 bits per heavy atom. The van der Waals surface area contributed by atoms with E-state index in [0.29, 0.717) is 25.7 Å². The average molecular weight is 505 g/mol. The molecule has 148 valence electrons. The highest BCUT2D eigenvalue weighted by Gasteiger charge is 2.24. The monoisotopic (exact) mass is 504 g/mol. The van der Waals surface area contributed by atoms with Gasteiger partial charge >= 0.3 is 0 Å². The summed E-state index contributed by atoms with van der Waals surface area (Å²) in [7, 11) is -1.42. The number of halogens is 1. The molecule has 25 heavy (non-hydrogen) atoms. The third kappa shape index (κ3) is 7.80. The van der Waals surface area contributed by atoms with Gasteiger partial charge in [0, 0.05) is 44.2 Å². The van der Waals surface area contributed by atoms with E-state index in [2.05, 4.69) is 22.5 Å². The first-order valence-electron chi connectivity index (χ1n) is 9.08. The number of nitrogens with zero attached hydrogens (tertiary/aromatic N) is 2. The Kier molecular flexibility index (Phi) is 11.1. The van der Waals surface area contributed by atoms with Gasteiger partial charge in [-0.05, 0) is 31.6 Å². The highest BCUT2D eigenvalue weighted by atomic mass is 127. The third-order valence-corrected chi connectivity index (χ3v) is 7.82. The molecule has 2 aliphatic rings. The van der Waals surface area contributed by atoms with Crippen LogP contribution in [0.25, 0.3) is 0 Å². The predicted octanol–water partition coefficient (Wildman–Crippen LogP) is 2.12. The SMILES string of the molecule is CCC1CCC(NC(=NC)NCCS(=O)(=O)N2CCSCC2)CC1.I. The van der Waals surface area contributed by atoms with Gasteiger partial charge < -0.3 is 10.6 Å². The average Bonchev–Trinajstić information content (AvgIpc) is 2.62. The Labute approximate surface area is 174 Å². The van der Waals surface area contributed by atoms with E-state index in [9.17, 15) is 8.42 Å². The van der Waals surface area contributed by atoms with Crippen LogP contribution in [0.1, 0.15) is 39.0 Å². The number of aliphatic imine (C=N–C) groups is 1. The number of hydrogen-bond donors (Lipinski definition) is 2. The van der Waals surface area contributed by atoms with Crippen molar-refractivity contribution in [1.29, 1.82) is 0 Å². The topological polar surface area (TPSA) is 73.8 Å². The normalized spacial score (nSPS) is 25.9. The minimum Gasteiger partial charge on any atom is -0.355 e. The highest BCUT2D eigenvalue weighted by Crippen LogP contribution is 2.26. The zero-order chi connectivity index (χ0) is 17.4. The molecular weight excluding hydrogens is 471 g/mol. The van der Waals surface area contributed by atoms with Gasteiger partial charge in [-0.1, -0.05) is 13.3 Å². The summed E-state index contributed by atoms with van der Waals surface area (Å²) in [6, 6.07) is 0.453. The molecule has 0 aromatic carbocycles. The van der Waals surface area contributed by atoms with Crippen molar-refractivity contribution in [2.24, 2.45) is 10.9 Å². The Bertz CT molecular complexity index is 502. The van der Waals surface area contributed by atoms with Crippen molar-refractivity contribution in [2.75, 3.05) is 43.9 Å². The van der Waals surface area contributed by atoms with Crippen LogP contribution in [-0.2, 0) is 10.0 Å². The van der Waals surface area contributed by atoms with E-state index in [-0.39, 0.29) is 29.7 Å². The molecule has 6 nitrogen and oxygen atoms in total. The molecule has 0 bridgehead atoms. The molecule has 0 aromatic rings. The molecular formula is C16H33IN4O2S2. The van der Waals surface area contributed by atoms with Crippen LogP contribution in [0.4, 0.5) is 0 Å². The molecule has 1 saturated carbocycles. The third-order valence-electron chi connectivity index (χ3n) is 5.00. The van der Waals surface area contributed by atoms with Gasteiger partial charge in [0.25, 0.3) is 0 Å². The summed E-state index contributed by atoms with van der Waals surface area (Å²) in [6.07, 6.45) is 6.15. The second kappa shape index (κ2) is 11.9. The highest BCUT2D eigenvalue weighted by molar-refractivity contribution is 14.0. The minimum atomic E-state index is -3.16. The Balaban J connectivity index is 0.00000312. The van der Waals surface area contributed by atoms with Gasteiger partial charge in [-0.2, -0.15) is 11.8 Å². The van der Waals surface area contributed by atoms with Crippen LogP contribution in [0.15, 0.2) is 4.99 Å². The summed E-state index contributed by atoms with van der Waals surface area (Å²) in [4.78, 5) is 4.24. The van der Waals surface area contributed by atoms with E-state index in [0.717, 1.165) is 23.4 Å². The van der Waals surface area contributed by atoms with Crippen molar-refractivity contribution in [3.05, 3.63) is 0 Å². The van der Waals surface area contributed by atoms with Gasteiger partial charge in [-0.25, -0.2) is 12.7 Å². The number of guanidine groups is 1. The van der Waals surface area contributed by atoms with Gasteiger partial charge in [-0.3, -0.25) is 4.99 Å². The van der Waals surface area contributed by atoms with Crippen LogP contribution in [0.5, 0.6) is 0 Å². The quantitative estimate of drug-likeness (QED) is 0.330. The van der Waals surface area contributed by atoms with Crippen LogP contribution in [0.2, 0.25) is 0 Å². The van der Waals surface area contributed by atoms with E-state index >= 15 is 0 Å². The lowest BCUT2D eigenvalue weighted by Crippen LogP contribution is -2.47. The van der Waals surface area contributed by atoms with Crippen LogP contribution >= 0.6 is 35.7 Å². The Morgan fingerprint density at radius 1 is 1.20 bits per heavy atom. The molecule has 0 spiro atoms. The van der Waals surface area contributed by atoms with Gasteiger partial charge in [0.15, 0.2) is 5.96 Å². The summed E-state index contributed by atoms with van der Waals surface area (Å²) < 4.78 is 26.3. The molecule has 0 radical (unpaired) electrons. The maximum Gasteiger partial charge on any atom is 0.215 e. The molecule has 1 heterocycles. The fourth-order valence-electron chi connectivity index (χ4n) is 3.36. The van der Waals surface area contributed by atoms with Crippen molar-refractivity contribution < 1.29 is 8.42 Å². The summed E-state index contributed by atoms with van der Waals surface area (Å²) in [6.45, 7) is 3.94. The Morgan fingerprint density at radius 3 is 2.40 bits per heavy atom. The van der Waals surface area contributed by atoms with Crippen LogP contribution < -0.4 is 10.6 Å². The van der Waals surface area contributed by atoms with Crippen molar-refractivity contribution in [3.8, 4) is 0 Å². The van der Waals surface area contributed by atoms with Crippen molar-refractivity contribution in [2.45, 2.75) is 45.1 Å². The standard InChI is InChI=1S/C16H32N4O2S2.HI/c1-3-14-4-6-15(7-5-14)19-16(17-2)18-8-13-24(21,22)20-9-11-23-12-10-20;/h14-15H,3-13H2,1-2H3,(H2,17,18,19);1H. The zero-order valence-corrected chi connectivity index (χ0v) is 19.3. The smallest absolute Gasteiger partial charge is 0.215 e. The summed E-state index contributed by atoms with van der Waals surface area (Å²) in [5.74, 6) is 3.51. The summed E-state index contributed by atoms with van der Waals surface area (Å²) >= 11 is 1.82. The van der Waals surface area contributed by atoms with E-state index in [4.69, 9.17) is 0 Å². The first kappa shape index (κ1) is 23.3. The lowest BCUT2D eigenvalue weighted by Gasteiger charge is -2.29. The summed E-state index contributed by atoms with van der Waals surface area (Å²) in [5.41, 5.74) is 0. The van der Waals surface area contributed by atoms with Crippen LogP contribution in [0.3, 0.4) is 0 Å². The maximum absolute atomic E-state index is 12.3. The van der Waals surface area contributed by atoms with Crippen LogP contribution in [0, 0.1) is 5.92 Å². The molecule has 0 unspecified atom stereocenters. The lowest BCUT2D eigenvalue weighted by atomic mass is 9.84. The molecule has 1 saturated heterocycles. The first-order chi connectivity index (χ1) is 11.5. The number of rotatable bonds is 6. The fraction of sp³-hybridized carbons (Fsp3) is 0.938. The first-order valence-corrected chi connectivity index (χ1v) is 11.8. The predicted molar refractivity (Wildman–Crippen MR) is 119 cm³/mol. The molecule has 1 aliphatic heterocycles. The van der Waals surface area contributed by atoms with Crippen molar-refractivity contribution in [1.82, 2.24) is 14.9 Å². The molecule has 2 rings (SSSR count). The van der Waals surface area contributed by atoms with Crippen molar-refractivity contribution in [3.63, 3.8) is 0 Å². The largest absolute Gasteiger partial charge is 0.355 e. The molecule has 9 heteroatoms. The number of sulfonamides is 1. The van der Waals surface area contributed by atoms with E-state index < -0.39 is 10.0 Å². The molecule has 1 aliphatic carbocycles. The zero-order valence-electron chi connectivity index (χ0n) is 15.4. The second-order valence-corrected chi connectivity index (χ2v) is 9.91. The van der Waals surface area contributed by atoms with Gasteiger partial charge in [0.2, 0.25) is 10.0 Å². The van der Waals surface area contributed by atoms with Crippen molar-refractivity contribution >= 4 is 51.7 Å². The fourth-order valence-corrected chi connectivity index (χ4v) is 5.85. The minimum absolute atomic E-state index is 0. The van der Waals surface area contributed by atoms with Gasteiger partial charge in [0.05, 0.1) is 5.75 Å². The molecule has 2 N–H and O–H groups in total. The maximum atomic E-state index is 12.3. The number of thioether (sulfide) groups is 1. The second-order valence-electron chi connectivity index (χ2n) is 6.60. The molecule has 0 atom stereocenters. The summed E-state index contributed by atoms with van der Waals surface area (Å²) in [5, 5.41) is 6.61. The lowest BCUT2D eigenvalue weighted by molar-refractivity contribution is 0.304. The molecule has 2 fully saturated rings.